The smallest absolute Gasteiger partial charge is 0.253 e. The van der Waals surface area contributed by atoms with E-state index < -0.39 is 5.82 Å². The van der Waals surface area contributed by atoms with Crippen molar-refractivity contribution in [3.63, 3.8) is 0 Å². The standard InChI is InChI=1S/C20H21FN2O2/c1-15-7-8-18(21)17(13-15)19(24)14-22-9-11-23(12-10-22)20(25)16-5-3-2-4-6-16/h2-8,13H,9-12,14H2,1H3. The van der Waals surface area contributed by atoms with Crippen LogP contribution in [0.4, 0.5) is 4.39 Å². The number of carbonyl (C=O) groups is 2. The van der Waals surface area contributed by atoms with Gasteiger partial charge < -0.3 is 4.90 Å². The minimum Gasteiger partial charge on any atom is -0.336 e. The van der Waals surface area contributed by atoms with Crippen molar-refractivity contribution < 1.29 is 14.0 Å². The molecule has 1 aliphatic rings. The Morgan fingerprint density at radius 1 is 1.00 bits per heavy atom. The average molecular weight is 340 g/mol. The number of aryl methyl sites for hydroxylation is 1. The maximum Gasteiger partial charge on any atom is 0.253 e. The first-order valence-corrected chi connectivity index (χ1v) is 8.40. The molecular formula is C20H21FN2O2. The Hall–Kier alpha value is -2.53. The normalized spacial score (nSPS) is 15.2. The summed E-state index contributed by atoms with van der Waals surface area (Å²) >= 11 is 0. The molecule has 5 heteroatoms. The first-order chi connectivity index (χ1) is 12.0. The molecule has 0 bridgehead atoms. The van der Waals surface area contributed by atoms with Gasteiger partial charge in [-0.3, -0.25) is 14.5 Å². The van der Waals surface area contributed by atoms with Crippen LogP contribution in [-0.2, 0) is 0 Å². The lowest BCUT2D eigenvalue weighted by molar-refractivity contribution is 0.0624. The van der Waals surface area contributed by atoms with Crippen molar-refractivity contribution in [2.24, 2.45) is 0 Å². The Morgan fingerprint density at radius 3 is 2.36 bits per heavy atom. The first-order valence-electron chi connectivity index (χ1n) is 8.40. The zero-order valence-corrected chi connectivity index (χ0v) is 14.2. The van der Waals surface area contributed by atoms with E-state index in [1.165, 1.54) is 6.07 Å². The van der Waals surface area contributed by atoms with E-state index in [4.69, 9.17) is 0 Å². The number of rotatable bonds is 4. The summed E-state index contributed by atoms with van der Waals surface area (Å²) in [5.41, 5.74) is 1.68. The van der Waals surface area contributed by atoms with Gasteiger partial charge in [0.25, 0.3) is 5.91 Å². The van der Waals surface area contributed by atoms with Gasteiger partial charge in [-0.1, -0.05) is 29.8 Å². The van der Waals surface area contributed by atoms with Crippen LogP contribution < -0.4 is 0 Å². The van der Waals surface area contributed by atoms with Crippen LogP contribution in [0.1, 0.15) is 26.3 Å². The highest BCUT2D eigenvalue weighted by Gasteiger charge is 2.24. The van der Waals surface area contributed by atoms with Crippen LogP contribution in [-0.4, -0.2) is 54.2 Å². The van der Waals surface area contributed by atoms with E-state index in [1.807, 2.05) is 30.0 Å². The van der Waals surface area contributed by atoms with Crippen LogP contribution in [0.5, 0.6) is 0 Å². The van der Waals surface area contributed by atoms with E-state index in [0.717, 1.165) is 5.56 Å². The molecule has 1 fully saturated rings. The number of carbonyl (C=O) groups excluding carboxylic acids is 2. The first kappa shape index (κ1) is 17.3. The fourth-order valence-corrected chi connectivity index (χ4v) is 3.01. The zero-order valence-electron chi connectivity index (χ0n) is 14.2. The molecule has 130 valence electrons. The molecular weight excluding hydrogens is 319 g/mol. The van der Waals surface area contributed by atoms with E-state index in [-0.39, 0.29) is 23.8 Å². The zero-order chi connectivity index (χ0) is 17.8. The van der Waals surface area contributed by atoms with Gasteiger partial charge in [-0.05, 0) is 31.2 Å². The summed E-state index contributed by atoms with van der Waals surface area (Å²) in [5.74, 6) is -0.686. The molecule has 0 radical (unpaired) electrons. The molecule has 1 aliphatic heterocycles. The van der Waals surface area contributed by atoms with Gasteiger partial charge >= 0.3 is 0 Å². The minimum atomic E-state index is -0.478. The number of hydrogen-bond donors (Lipinski definition) is 0. The predicted molar refractivity (Wildman–Crippen MR) is 94.3 cm³/mol. The molecule has 0 spiro atoms. The number of Topliss-reactive ketones (excluding diaryl/α,β-unsaturated/α-hetero) is 1. The highest BCUT2D eigenvalue weighted by molar-refractivity contribution is 5.98. The monoisotopic (exact) mass is 340 g/mol. The third-order valence-corrected chi connectivity index (χ3v) is 4.47. The maximum atomic E-state index is 13.8. The van der Waals surface area contributed by atoms with Crippen molar-refractivity contribution in [2.75, 3.05) is 32.7 Å². The van der Waals surface area contributed by atoms with Crippen LogP contribution in [0, 0.1) is 12.7 Å². The molecule has 0 atom stereocenters. The van der Waals surface area contributed by atoms with Crippen molar-refractivity contribution >= 4 is 11.7 Å². The van der Waals surface area contributed by atoms with E-state index in [9.17, 15) is 14.0 Å². The lowest BCUT2D eigenvalue weighted by Gasteiger charge is -2.34. The quantitative estimate of drug-likeness (QED) is 0.804. The van der Waals surface area contributed by atoms with Gasteiger partial charge in [-0.25, -0.2) is 4.39 Å². The lowest BCUT2D eigenvalue weighted by atomic mass is 10.1. The summed E-state index contributed by atoms with van der Waals surface area (Å²) < 4.78 is 13.8. The van der Waals surface area contributed by atoms with Crippen molar-refractivity contribution in [1.29, 1.82) is 0 Å². The molecule has 1 heterocycles. The number of halogens is 1. The highest BCUT2D eigenvalue weighted by Crippen LogP contribution is 2.13. The number of amides is 1. The van der Waals surface area contributed by atoms with Crippen molar-refractivity contribution in [2.45, 2.75) is 6.92 Å². The molecule has 2 aromatic rings. The van der Waals surface area contributed by atoms with E-state index in [0.29, 0.717) is 31.7 Å². The molecule has 25 heavy (non-hydrogen) atoms. The number of ketones is 1. The lowest BCUT2D eigenvalue weighted by Crippen LogP contribution is -2.49. The highest BCUT2D eigenvalue weighted by atomic mass is 19.1. The second kappa shape index (κ2) is 7.57. The fraction of sp³-hybridized carbons (Fsp3) is 0.300. The predicted octanol–water partition coefficient (Wildman–Crippen LogP) is 2.77. The molecule has 2 aromatic carbocycles. The molecule has 1 saturated heterocycles. The molecule has 0 aliphatic carbocycles. The molecule has 0 aromatic heterocycles. The number of hydrogen-bond acceptors (Lipinski definition) is 3. The van der Waals surface area contributed by atoms with Crippen molar-refractivity contribution in [1.82, 2.24) is 9.80 Å². The van der Waals surface area contributed by atoms with Gasteiger partial charge in [0.05, 0.1) is 12.1 Å². The fourth-order valence-electron chi connectivity index (χ4n) is 3.01. The van der Waals surface area contributed by atoms with Crippen molar-refractivity contribution in [3.8, 4) is 0 Å². The summed E-state index contributed by atoms with van der Waals surface area (Å²) in [4.78, 5) is 28.6. The minimum absolute atomic E-state index is 0.0105. The van der Waals surface area contributed by atoms with E-state index in [2.05, 4.69) is 0 Å². The molecule has 4 nitrogen and oxygen atoms in total. The van der Waals surface area contributed by atoms with Crippen LogP contribution in [0.3, 0.4) is 0 Å². The van der Waals surface area contributed by atoms with Gasteiger partial charge in [0.15, 0.2) is 5.78 Å². The Morgan fingerprint density at radius 2 is 1.68 bits per heavy atom. The Bertz CT molecular complexity index is 769. The maximum absolute atomic E-state index is 13.8. The topological polar surface area (TPSA) is 40.6 Å². The third kappa shape index (κ3) is 4.12. The van der Waals surface area contributed by atoms with Crippen LogP contribution >= 0.6 is 0 Å². The van der Waals surface area contributed by atoms with Crippen LogP contribution in [0.15, 0.2) is 48.5 Å². The Balaban J connectivity index is 1.57. The van der Waals surface area contributed by atoms with Gasteiger partial charge in [0.1, 0.15) is 5.82 Å². The van der Waals surface area contributed by atoms with Crippen LogP contribution in [0.2, 0.25) is 0 Å². The summed E-state index contributed by atoms with van der Waals surface area (Å²) in [6.07, 6.45) is 0. The second-order valence-electron chi connectivity index (χ2n) is 6.34. The Labute approximate surface area is 146 Å². The summed E-state index contributed by atoms with van der Waals surface area (Å²) in [6, 6.07) is 13.8. The largest absolute Gasteiger partial charge is 0.336 e. The average Bonchev–Trinajstić information content (AvgIpc) is 2.64. The van der Waals surface area contributed by atoms with E-state index in [1.54, 1.807) is 29.2 Å². The Kier molecular flexibility index (Phi) is 5.24. The molecule has 0 saturated carbocycles. The number of nitrogens with zero attached hydrogens (tertiary/aromatic N) is 2. The third-order valence-electron chi connectivity index (χ3n) is 4.47. The second-order valence-corrected chi connectivity index (χ2v) is 6.34. The molecule has 0 unspecified atom stereocenters. The summed E-state index contributed by atoms with van der Waals surface area (Å²) in [5, 5.41) is 0. The summed E-state index contributed by atoms with van der Waals surface area (Å²) in [6.45, 7) is 4.36. The molecule has 0 N–H and O–H groups in total. The van der Waals surface area contributed by atoms with Crippen molar-refractivity contribution in [3.05, 3.63) is 71.0 Å². The van der Waals surface area contributed by atoms with Gasteiger partial charge in [0.2, 0.25) is 0 Å². The molecule has 3 rings (SSSR count). The molecule has 1 amide bonds. The van der Waals surface area contributed by atoms with E-state index >= 15 is 0 Å². The summed E-state index contributed by atoms with van der Waals surface area (Å²) in [7, 11) is 0. The number of piperazine rings is 1. The van der Waals surface area contributed by atoms with Gasteiger partial charge in [-0.2, -0.15) is 0 Å². The number of benzene rings is 2. The SMILES string of the molecule is Cc1ccc(F)c(C(=O)CN2CCN(C(=O)c3ccccc3)CC2)c1. The van der Waals surface area contributed by atoms with Gasteiger partial charge in [-0.15, -0.1) is 0 Å². The van der Waals surface area contributed by atoms with Crippen LogP contribution in [0.25, 0.3) is 0 Å². The van der Waals surface area contributed by atoms with Gasteiger partial charge in [0, 0.05) is 31.7 Å².